The molecule has 92 valence electrons. The molecule has 2 heterocycles. The van der Waals surface area contributed by atoms with Crippen molar-refractivity contribution < 1.29 is 0 Å². The summed E-state index contributed by atoms with van der Waals surface area (Å²) in [6.07, 6.45) is 8.66. The molecule has 1 saturated heterocycles. The van der Waals surface area contributed by atoms with Crippen molar-refractivity contribution in [3.63, 3.8) is 0 Å². The molecule has 1 aromatic heterocycles. The first kappa shape index (κ1) is 11.5. The minimum Gasteiger partial charge on any atom is -0.300 e. The Hall–Kier alpha value is -0.600. The Morgan fingerprint density at radius 3 is 2.53 bits per heavy atom. The van der Waals surface area contributed by atoms with E-state index in [1.54, 1.807) is 0 Å². The summed E-state index contributed by atoms with van der Waals surface area (Å²) in [5.41, 5.74) is 1.33. The molecule has 0 spiro atoms. The van der Waals surface area contributed by atoms with Gasteiger partial charge in [0.05, 0.1) is 0 Å². The van der Waals surface area contributed by atoms with Gasteiger partial charge in [-0.2, -0.15) is 0 Å². The van der Waals surface area contributed by atoms with Gasteiger partial charge in [-0.15, -0.1) is 0 Å². The van der Waals surface area contributed by atoms with E-state index in [1.165, 1.54) is 50.8 Å². The fraction of sp³-hybridized carbons (Fsp3) is 0.643. The van der Waals surface area contributed by atoms with Gasteiger partial charge in [-0.25, -0.2) is 4.98 Å². The van der Waals surface area contributed by atoms with Gasteiger partial charge in [0.25, 0.3) is 0 Å². The summed E-state index contributed by atoms with van der Waals surface area (Å²) >= 11 is 5.80. The maximum absolute atomic E-state index is 5.80. The minimum atomic E-state index is 0.595. The first-order valence-corrected chi connectivity index (χ1v) is 7.03. The van der Waals surface area contributed by atoms with Crippen molar-refractivity contribution in [2.24, 2.45) is 5.92 Å². The molecule has 0 radical (unpaired) electrons. The van der Waals surface area contributed by atoms with E-state index in [1.807, 2.05) is 12.3 Å². The summed E-state index contributed by atoms with van der Waals surface area (Å²) in [5.74, 6) is 0.841. The number of hydrogen-bond acceptors (Lipinski definition) is 2. The number of likely N-dealkylation sites (tertiary alicyclic amines) is 1. The number of rotatable bonds is 3. The van der Waals surface area contributed by atoms with Gasteiger partial charge in [0, 0.05) is 12.2 Å². The molecule has 2 aliphatic rings. The molecule has 3 rings (SSSR count). The number of nitrogens with zero attached hydrogens (tertiary/aromatic N) is 2. The third-order valence-electron chi connectivity index (χ3n) is 4.03. The number of hydrogen-bond donors (Lipinski definition) is 0. The van der Waals surface area contributed by atoms with Crippen LogP contribution in [0.4, 0.5) is 0 Å². The Bertz CT molecular complexity index is 364. The summed E-state index contributed by atoms with van der Waals surface area (Å²) < 4.78 is 0. The van der Waals surface area contributed by atoms with Gasteiger partial charge in [-0.1, -0.05) is 17.7 Å². The summed E-state index contributed by atoms with van der Waals surface area (Å²) in [6.45, 7) is 2.60. The van der Waals surface area contributed by atoms with E-state index in [2.05, 4.69) is 16.0 Å². The molecule has 3 heteroatoms. The van der Waals surface area contributed by atoms with E-state index in [0.717, 1.165) is 12.0 Å². The molecule has 0 unspecified atom stereocenters. The van der Waals surface area contributed by atoms with Gasteiger partial charge >= 0.3 is 0 Å². The highest BCUT2D eigenvalue weighted by molar-refractivity contribution is 6.29. The van der Waals surface area contributed by atoms with Crippen LogP contribution in [0.3, 0.4) is 0 Å². The third-order valence-corrected chi connectivity index (χ3v) is 4.25. The van der Waals surface area contributed by atoms with Crippen LogP contribution in [-0.4, -0.2) is 29.0 Å². The van der Waals surface area contributed by atoms with Crippen LogP contribution >= 0.6 is 11.6 Å². The molecule has 1 saturated carbocycles. The van der Waals surface area contributed by atoms with E-state index in [-0.39, 0.29) is 0 Å². The van der Waals surface area contributed by atoms with Crippen LogP contribution < -0.4 is 0 Å². The van der Waals surface area contributed by atoms with Crippen molar-refractivity contribution in [2.75, 3.05) is 13.1 Å². The van der Waals surface area contributed by atoms with Crippen LogP contribution in [0.2, 0.25) is 5.15 Å². The molecular formula is C14H19ClN2. The molecule has 2 nitrogen and oxygen atoms in total. The lowest BCUT2D eigenvalue weighted by molar-refractivity contribution is 0.176. The molecule has 1 aromatic rings. The summed E-state index contributed by atoms with van der Waals surface area (Å²) in [6, 6.07) is 4.95. The monoisotopic (exact) mass is 250 g/mol. The summed E-state index contributed by atoms with van der Waals surface area (Å²) in [5, 5.41) is 0.595. The van der Waals surface area contributed by atoms with Crippen molar-refractivity contribution in [3.05, 3.63) is 29.0 Å². The Kier molecular flexibility index (Phi) is 3.34. The normalized spacial score (nSPS) is 22.9. The molecule has 0 amide bonds. The largest absolute Gasteiger partial charge is 0.300 e. The standard InChI is InChI=1S/C14H19ClN2/c15-14-4-1-12(10-16-14)9-11-5-7-17(8-6-11)13-2-3-13/h1,4,10-11,13H,2-3,5-9H2. The fourth-order valence-electron chi connectivity index (χ4n) is 2.82. The molecule has 0 atom stereocenters. The van der Waals surface area contributed by atoms with Crippen molar-refractivity contribution in [1.29, 1.82) is 0 Å². The highest BCUT2D eigenvalue weighted by Crippen LogP contribution is 2.31. The average molecular weight is 251 g/mol. The molecule has 0 bridgehead atoms. The Labute approximate surface area is 108 Å². The summed E-state index contributed by atoms with van der Waals surface area (Å²) in [4.78, 5) is 6.83. The number of pyridine rings is 1. The van der Waals surface area contributed by atoms with Crippen molar-refractivity contribution in [1.82, 2.24) is 9.88 Å². The fourth-order valence-corrected chi connectivity index (χ4v) is 2.93. The molecular weight excluding hydrogens is 232 g/mol. The van der Waals surface area contributed by atoms with Crippen LogP contribution in [0, 0.1) is 5.92 Å². The lowest BCUT2D eigenvalue weighted by Crippen LogP contribution is -2.35. The Morgan fingerprint density at radius 1 is 1.18 bits per heavy atom. The zero-order chi connectivity index (χ0) is 11.7. The molecule has 0 N–H and O–H groups in total. The summed E-state index contributed by atoms with van der Waals surface area (Å²) in [7, 11) is 0. The van der Waals surface area contributed by atoms with Crippen LogP contribution in [0.1, 0.15) is 31.2 Å². The quantitative estimate of drug-likeness (QED) is 0.767. The first-order valence-electron chi connectivity index (χ1n) is 6.66. The highest BCUT2D eigenvalue weighted by Gasteiger charge is 2.31. The second-order valence-corrected chi connectivity index (χ2v) is 5.79. The molecule has 1 aliphatic heterocycles. The van der Waals surface area contributed by atoms with E-state index < -0.39 is 0 Å². The maximum Gasteiger partial charge on any atom is 0.129 e. The smallest absolute Gasteiger partial charge is 0.129 e. The first-order chi connectivity index (χ1) is 8.31. The maximum atomic E-state index is 5.80. The van der Waals surface area contributed by atoms with Gasteiger partial charge in [-0.05, 0) is 62.7 Å². The second-order valence-electron chi connectivity index (χ2n) is 5.40. The van der Waals surface area contributed by atoms with E-state index >= 15 is 0 Å². The SMILES string of the molecule is Clc1ccc(CC2CCN(C3CC3)CC2)cn1. The van der Waals surface area contributed by atoms with Gasteiger partial charge in [0.15, 0.2) is 0 Å². The predicted octanol–water partition coefficient (Wildman–Crippen LogP) is 3.15. The number of halogens is 1. The zero-order valence-corrected chi connectivity index (χ0v) is 10.9. The van der Waals surface area contributed by atoms with Crippen LogP contribution in [0.5, 0.6) is 0 Å². The minimum absolute atomic E-state index is 0.595. The molecule has 17 heavy (non-hydrogen) atoms. The Morgan fingerprint density at radius 2 is 1.94 bits per heavy atom. The highest BCUT2D eigenvalue weighted by atomic mass is 35.5. The van der Waals surface area contributed by atoms with Crippen molar-refractivity contribution in [2.45, 2.75) is 38.1 Å². The lowest BCUT2D eigenvalue weighted by Gasteiger charge is -2.32. The third kappa shape index (κ3) is 2.99. The molecule has 0 aromatic carbocycles. The average Bonchev–Trinajstić information content (AvgIpc) is 3.17. The Balaban J connectivity index is 1.51. The van der Waals surface area contributed by atoms with Crippen LogP contribution in [-0.2, 0) is 6.42 Å². The predicted molar refractivity (Wildman–Crippen MR) is 70.3 cm³/mol. The molecule has 2 fully saturated rings. The van der Waals surface area contributed by atoms with Crippen LogP contribution in [0.15, 0.2) is 18.3 Å². The van der Waals surface area contributed by atoms with Gasteiger partial charge in [0.1, 0.15) is 5.15 Å². The van der Waals surface area contributed by atoms with Gasteiger partial charge in [0.2, 0.25) is 0 Å². The zero-order valence-electron chi connectivity index (χ0n) is 10.1. The van der Waals surface area contributed by atoms with Crippen molar-refractivity contribution in [3.8, 4) is 0 Å². The molecule has 1 aliphatic carbocycles. The van der Waals surface area contributed by atoms with Crippen molar-refractivity contribution >= 4 is 11.6 Å². The van der Waals surface area contributed by atoms with Crippen LogP contribution in [0.25, 0.3) is 0 Å². The van der Waals surface area contributed by atoms with Gasteiger partial charge in [-0.3, -0.25) is 0 Å². The van der Waals surface area contributed by atoms with E-state index in [4.69, 9.17) is 11.6 Å². The second kappa shape index (κ2) is 4.95. The lowest BCUT2D eigenvalue weighted by atomic mass is 9.90. The van der Waals surface area contributed by atoms with E-state index in [0.29, 0.717) is 5.15 Å². The van der Waals surface area contributed by atoms with Gasteiger partial charge < -0.3 is 4.90 Å². The number of aromatic nitrogens is 1. The number of piperidine rings is 1. The topological polar surface area (TPSA) is 16.1 Å². The van der Waals surface area contributed by atoms with E-state index in [9.17, 15) is 0 Å².